The summed E-state index contributed by atoms with van der Waals surface area (Å²) in [4.78, 5) is 23.3. The fourth-order valence-corrected chi connectivity index (χ4v) is 2.68. The van der Waals surface area contributed by atoms with E-state index in [1.165, 1.54) is 0 Å². The number of nitrogens with one attached hydrogen (secondary N) is 1. The normalized spacial score (nSPS) is 10.7. The largest absolute Gasteiger partial charge is 0.276 e. The van der Waals surface area contributed by atoms with Gasteiger partial charge in [-0.2, -0.15) is 5.10 Å². The molecule has 0 aliphatic carbocycles. The Bertz CT molecular complexity index is 998. The van der Waals surface area contributed by atoms with E-state index in [-0.39, 0.29) is 12.3 Å². The molecule has 0 aliphatic rings. The number of fused-ring (bicyclic) bond motifs is 1. The highest BCUT2D eigenvalue weighted by molar-refractivity contribution is 6.01. The number of carbonyl (C=O) groups excluding carboxylic acids is 1. The number of H-pyrrole nitrogens is 1. The molecule has 0 aliphatic heterocycles. The number of anilines is 2. The van der Waals surface area contributed by atoms with E-state index in [0.717, 1.165) is 11.1 Å². The lowest BCUT2D eigenvalue weighted by atomic mass is 10.1. The quantitative estimate of drug-likeness (QED) is 0.623. The second-order valence-electron chi connectivity index (χ2n) is 5.58. The summed E-state index contributed by atoms with van der Waals surface area (Å²) in [5.41, 5.74) is 3.16. The van der Waals surface area contributed by atoms with E-state index in [1.54, 1.807) is 35.6 Å². The van der Waals surface area contributed by atoms with E-state index in [1.807, 2.05) is 42.5 Å². The van der Waals surface area contributed by atoms with Gasteiger partial charge in [-0.25, -0.2) is 4.98 Å². The van der Waals surface area contributed by atoms with Gasteiger partial charge in [0, 0.05) is 6.20 Å². The molecular formula is C19H15N5O. The summed E-state index contributed by atoms with van der Waals surface area (Å²) in [5.74, 6) is 0.470. The molecule has 3 heterocycles. The average molecular weight is 329 g/mol. The molecule has 0 fully saturated rings. The first-order valence-corrected chi connectivity index (χ1v) is 7.88. The zero-order chi connectivity index (χ0) is 17.1. The summed E-state index contributed by atoms with van der Waals surface area (Å²) < 4.78 is 0. The van der Waals surface area contributed by atoms with Crippen molar-refractivity contribution in [2.75, 3.05) is 4.90 Å². The monoisotopic (exact) mass is 329 g/mol. The predicted molar refractivity (Wildman–Crippen MR) is 95.4 cm³/mol. The molecule has 4 rings (SSSR count). The number of aromatic amines is 1. The Morgan fingerprint density at radius 1 is 1.00 bits per heavy atom. The highest BCUT2D eigenvalue weighted by atomic mass is 16.2. The van der Waals surface area contributed by atoms with Crippen LogP contribution in [0.4, 0.5) is 11.5 Å². The number of nitrogens with zero attached hydrogens (tertiary/aromatic N) is 4. The Morgan fingerprint density at radius 3 is 2.68 bits per heavy atom. The summed E-state index contributed by atoms with van der Waals surface area (Å²) in [6, 6.07) is 17.0. The maximum Gasteiger partial charge on any atom is 0.237 e. The van der Waals surface area contributed by atoms with Crippen LogP contribution in [0.5, 0.6) is 0 Å². The van der Waals surface area contributed by atoms with Gasteiger partial charge in [0.15, 0.2) is 0 Å². The number of hydrogen-bond donors (Lipinski definition) is 1. The van der Waals surface area contributed by atoms with Crippen LogP contribution in [-0.2, 0) is 11.2 Å². The second kappa shape index (κ2) is 6.52. The van der Waals surface area contributed by atoms with Crippen LogP contribution in [0.3, 0.4) is 0 Å². The Balaban J connectivity index is 1.74. The van der Waals surface area contributed by atoms with Gasteiger partial charge in [-0.05, 0) is 29.8 Å². The van der Waals surface area contributed by atoms with Gasteiger partial charge in [0.2, 0.25) is 5.91 Å². The Hall–Kier alpha value is -3.54. The molecule has 0 atom stereocenters. The maximum atomic E-state index is 13.0. The lowest BCUT2D eigenvalue weighted by molar-refractivity contribution is -0.117. The third-order valence-corrected chi connectivity index (χ3v) is 3.86. The summed E-state index contributed by atoms with van der Waals surface area (Å²) in [5, 5.41) is 6.85. The molecule has 0 saturated heterocycles. The van der Waals surface area contributed by atoms with Gasteiger partial charge in [0.05, 0.1) is 30.0 Å². The van der Waals surface area contributed by atoms with Crippen LogP contribution in [0.15, 0.2) is 73.2 Å². The molecule has 4 aromatic rings. The number of benzene rings is 1. The number of amides is 1. The number of pyridine rings is 2. The first kappa shape index (κ1) is 15.0. The fourth-order valence-electron chi connectivity index (χ4n) is 2.68. The van der Waals surface area contributed by atoms with Gasteiger partial charge in [0.25, 0.3) is 0 Å². The molecule has 0 unspecified atom stereocenters. The van der Waals surface area contributed by atoms with Crippen LogP contribution in [0.1, 0.15) is 5.56 Å². The van der Waals surface area contributed by atoms with Crippen LogP contribution in [0.2, 0.25) is 0 Å². The summed E-state index contributed by atoms with van der Waals surface area (Å²) in [6.07, 6.45) is 5.25. The van der Waals surface area contributed by atoms with E-state index in [4.69, 9.17) is 0 Å². The van der Waals surface area contributed by atoms with Crippen LogP contribution >= 0.6 is 0 Å². The molecule has 0 saturated carbocycles. The van der Waals surface area contributed by atoms with Gasteiger partial charge < -0.3 is 0 Å². The predicted octanol–water partition coefficient (Wildman–Crippen LogP) is 3.26. The van der Waals surface area contributed by atoms with Gasteiger partial charge in [0.1, 0.15) is 11.3 Å². The molecule has 1 aromatic carbocycles. The molecule has 1 N–H and O–H groups in total. The number of rotatable bonds is 4. The third kappa shape index (κ3) is 3.10. The lowest BCUT2D eigenvalue weighted by Crippen LogP contribution is -2.28. The molecule has 0 radical (unpaired) electrons. The third-order valence-electron chi connectivity index (χ3n) is 3.86. The number of carbonyl (C=O) groups is 1. The minimum absolute atomic E-state index is 0.0745. The minimum Gasteiger partial charge on any atom is -0.276 e. The van der Waals surface area contributed by atoms with Crippen molar-refractivity contribution in [1.82, 2.24) is 20.2 Å². The first-order chi connectivity index (χ1) is 12.3. The van der Waals surface area contributed by atoms with E-state index in [9.17, 15) is 4.79 Å². The average Bonchev–Trinajstić information content (AvgIpc) is 3.11. The molecule has 0 bridgehead atoms. The SMILES string of the molecule is O=C(Cc1ccccc1)N(c1cccnc1)c1ccc2[nH]ncc2n1. The number of aromatic nitrogens is 4. The topological polar surface area (TPSA) is 74.8 Å². The smallest absolute Gasteiger partial charge is 0.237 e. The van der Waals surface area contributed by atoms with E-state index >= 15 is 0 Å². The van der Waals surface area contributed by atoms with Gasteiger partial charge in [-0.15, -0.1) is 0 Å². The maximum absolute atomic E-state index is 13.0. The molecule has 3 aromatic heterocycles. The highest BCUT2D eigenvalue weighted by Crippen LogP contribution is 2.25. The molecule has 122 valence electrons. The van der Waals surface area contributed by atoms with Gasteiger partial charge in [-0.3, -0.25) is 19.8 Å². The van der Waals surface area contributed by atoms with Crippen molar-refractivity contribution in [2.24, 2.45) is 0 Å². The highest BCUT2D eigenvalue weighted by Gasteiger charge is 2.20. The summed E-state index contributed by atoms with van der Waals surface area (Å²) in [6.45, 7) is 0. The van der Waals surface area contributed by atoms with Gasteiger partial charge in [-0.1, -0.05) is 30.3 Å². The van der Waals surface area contributed by atoms with E-state index in [0.29, 0.717) is 17.0 Å². The standard InChI is InChI=1S/C19H15N5O/c25-19(11-14-5-2-1-3-6-14)24(15-7-4-10-20-12-15)18-9-8-16-17(22-18)13-21-23-16/h1-10,12-13H,11H2,(H,21,23). The van der Waals surface area contributed by atoms with E-state index < -0.39 is 0 Å². The first-order valence-electron chi connectivity index (χ1n) is 7.88. The fraction of sp³-hybridized carbons (Fsp3) is 0.0526. The van der Waals surface area contributed by atoms with Crippen molar-refractivity contribution in [3.05, 3.63) is 78.8 Å². The Kier molecular flexibility index (Phi) is 3.92. The van der Waals surface area contributed by atoms with Crippen molar-refractivity contribution < 1.29 is 4.79 Å². The molecule has 0 spiro atoms. The number of hydrogen-bond acceptors (Lipinski definition) is 4. The van der Waals surface area contributed by atoms with Crippen molar-refractivity contribution in [3.63, 3.8) is 0 Å². The summed E-state index contributed by atoms with van der Waals surface area (Å²) >= 11 is 0. The van der Waals surface area contributed by atoms with Crippen LogP contribution in [-0.4, -0.2) is 26.1 Å². The second-order valence-corrected chi connectivity index (χ2v) is 5.58. The van der Waals surface area contributed by atoms with Crippen molar-refractivity contribution >= 4 is 28.4 Å². The zero-order valence-corrected chi connectivity index (χ0v) is 13.3. The van der Waals surface area contributed by atoms with E-state index in [2.05, 4.69) is 20.2 Å². The zero-order valence-electron chi connectivity index (χ0n) is 13.3. The molecule has 6 heteroatoms. The van der Waals surface area contributed by atoms with Crippen molar-refractivity contribution in [1.29, 1.82) is 0 Å². The molecule has 1 amide bonds. The van der Waals surface area contributed by atoms with Gasteiger partial charge >= 0.3 is 0 Å². The van der Waals surface area contributed by atoms with Crippen LogP contribution < -0.4 is 4.90 Å². The van der Waals surface area contributed by atoms with Crippen molar-refractivity contribution in [2.45, 2.75) is 6.42 Å². The van der Waals surface area contributed by atoms with Crippen LogP contribution in [0.25, 0.3) is 11.0 Å². The Labute approximate surface area is 144 Å². The Morgan fingerprint density at radius 2 is 1.88 bits per heavy atom. The molecule has 6 nitrogen and oxygen atoms in total. The van der Waals surface area contributed by atoms with Crippen molar-refractivity contribution in [3.8, 4) is 0 Å². The molecule has 25 heavy (non-hydrogen) atoms. The lowest BCUT2D eigenvalue weighted by Gasteiger charge is -2.21. The van der Waals surface area contributed by atoms with Crippen LogP contribution in [0, 0.1) is 0 Å². The summed E-state index contributed by atoms with van der Waals surface area (Å²) in [7, 11) is 0. The molecular weight excluding hydrogens is 314 g/mol. The minimum atomic E-state index is -0.0745.